The fourth-order valence-electron chi connectivity index (χ4n) is 6.13. The number of likely N-dealkylation sites (N-methyl/N-ethyl adjacent to an activating group) is 1. The van der Waals surface area contributed by atoms with Crippen molar-refractivity contribution in [2.45, 2.75) is 31.4 Å². The first-order chi connectivity index (χ1) is 16.4. The number of oxime groups is 1. The minimum atomic E-state index is -2.74. The van der Waals surface area contributed by atoms with E-state index in [1.165, 1.54) is 32.2 Å². The van der Waals surface area contributed by atoms with Crippen LogP contribution in [-0.2, 0) is 30.4 Å². The van der Waals surface area contributed by atoms with Crippen LogP contribution in [0.25, 0.3) is 0 Å². The molecule has 4 rings (SSSR count). The predicted octanol–water partition coefficient (Wildman–Crippen LogP) is -0.763. The number of Topliss-reactive ketones (excluding diaryl/α,β-unsaturated/α-hetero) is 4. The average molecular weight is 485 g/mol. The minimum absolute atomic E-state index is 0.0144. The number of fused-ring (bicyclic) bond motifs is 3. The molecule has 1 aromatic rings. The molecule has 186 valence electrons. The number of carbonyl (C=O) groups excluding carboxylic acids is 5. The molecule has 3 aliphatic rings. The fraction of sp³-hybridized carbons (Fsp3) is 0.500. The highest BCUT2D eigenvalue weighted by molar-refractivity contribution is 6.32. The Morgan fingerprint density at radius 2 is 1.86 bits per heavy atom. The van der Waals surface area contributed by atoms with Crippen LogP contribution in [0.2, 0.25) is 0 Å². The molecular weight excluding hydrogens is 458 g/mol. The summed E-state index contributed by atoms with van der Waals surface area (Å²) in [7, 11) is 4.45. The first-order valence-corrected chi connectivity index (χ1v) is 11.1. The van der Waals surface area contributed by atoms with E-state index in [0.717, 1.165) is 0 Å². The Morgan fingerprint density at radius 1 is 1.20 bits per heavy atom. The SMILES string of the molecule is CON=C(C)c1ccc(O)c2c1C[C@H]1C[C@H]3C(N(C)C)C(=O)C(C(N)=O)C(=O)[C@@]3(O)C(=O)C1C2=O. The van der Waals surface area contributed by atoms with Crippen LogP contribution in [0.5, 0.6) is 5.75 Å². The zero-order valence-corrected chi connectivity index (χ0v) is 19.8. The average Bonchev–Trinajstić information content (AvgIpc) is 2.76. The number of aliphatic hydroxyl groups is 1. The lowest BCUT2D eigenvalue weighted by Gasteiger charge is -2.52. The topological polar surface area (TPSA) is 177 Å². The molecule has 4 N–H and O–H groups in total. The molecule has 1 aromatic carbocycles. The standard InChI is InChI=1S/C24H27N3O8/c1-9(26-35-4)11-5-6-14(28)16-12(11)7-10-8-13-18(27(2)3)20(30)17(23(25)33)22(32)24(13,34)21(31)15(10)19(16)29/h5-6,10,13,15,17-18,28,34H,7-8H2,1-4H3,(H2,25,33)/t10-,13-,15?,17?,18?,24-/m0/s1. The maximum absolute atomic E-state index is 13.7. The maximum atomic E-state index is 13.7. The van der Waals surface area contributed by atoms with Gasteiger partial charge in [-0.15, -0.1) is 0 Å². The van der Waals surface area contributed by atoms with E-state index in [9.17, 15) is 34.2 Å². The zero-order chi connectivity index (χ0) is 26.0. The number of aromatic hydroxyl groups is 1. The van der Waals surface area contributed by atoms with Crippen LogP contribution >= 0.6 is 0 Å². The second-order valence-corrected chi connectivity index (χ2v) is 9.63. The lowest BCUT2D eigenvalue weighted by Crippen LogP contribution is -2.74. The summed E-state index contributed by atoms with van der Waals surface area (Å²) in [5.41, 5.74) is 3.95. The molecule has 3 aliphatic carbocycles. The lowest BCUT2D eigenvalue weighted by molar-refractivity contribution is -0.181. The van der Waals surface area contributed by atoms with Gasteiger partial charge in [-0.25, -0.2) is 0 Å². The van der Waals surface area contributed by atoms with Crippen molar-refractivity contribution in [2.24, 2.45) is 34.6 Å². The van der Waals surface area contributed by atoms with Crippen LogP contribution in [0.1, 0.15) is 34.8 Å². The van der Waals surface area contributed by atoms with Gasteiger partial charge in [0.05, 0.1) is 23.2 Å². The summed E-state index contributed by atoms with van der Waals surface area (Å²) in [6.45, 7) is 1.67. The summed E-state index contributed by atoms with van der Waals surface area (Å²) in [5.74, 6) is -10.7. The molecule has 0 aliphatic heterocycles. The van der Waals surface area contributed by atoms with Gasteiger partial charge in [0.1, 0.15) is 12.9 Å². The van der Waals surface area contributed by atoms with Crippen LogP contribution in [0.3, 0.4) is 0 Å². The molecule has 0 radical (unpaired) electrons. The molecule has 1 amide bonds. The van der Waals surface area contributed by atoms with E-state index in [4.69, 9.17) is 10.6 Å². The van der Waals surface area contributed by atoms with Gasteiger partial charge >= 0.3 is 0 Å². The van der Waals surface area contributed by atoms with Gasteiger partial charge in [0.2, 0.25) is 5.91 Å². The quantitative estimate of drug-likeness (QED) is 0.281. The van der Waals surface area contributed by atoms with Gasteiger partial charge in [-0.3, -0.25) is 28.9 Å². The number of phenols is 1. The largest absolute Gasteiger partial charge is 0.507 e. The van der Waals surface area contributed by atoms with E-state index in [0.29, 0.717) is 16.8 Å². The Labute approximate surface area is 200 Å². The van der Waals surface area contributed by atoms with E-state index < -0.39 is 64.4 Å². The van der Waals surface area contributed by atoms with Crippen LogP contribution < -0.4 is 5.73 Å². The summed E-state index contributed by atoms with van der Waals surface area (Å²) >= 11 is 0. The van der Waals surface area contributed by atoms with E-state index in [-0.39, 0.29) is 24.2 Å². The number of carbonyl (C=O) groups is 5. The molecule has 2 fully saturated rings. The minimum Gasteiger partial charge on any atom is -0.507 e. The van der Waals surface area contributed by atoms with Crippen molar-refractivity contribution in [3.63, 3.8) is 0 Å². The molecule has 0 aromatic heterocycles. The van der Waals surface area contributed by atoms with Gasteiger partial charge in [0, 0.05) is 11.5 Å². The molecule has 0 spiro atoms. The van der Waals surface area contributed by atoms with Crippen molar-refractivity contribution < 1.29 is 39.0 Å². The molecule has 0 heterocycles. The molecule has 11 nitrogen and oxygen atoms in total. The molecule has 11 heteroatoms. The van der Waals surface area contributed by atoms with E-state index >= 15 is 0 Å². The molecule has 2 saturated carbocycles. The number of amides is 1. The van der Waals surface area contributed by atoms with Gasteiger partial charge < -0.3 is 20.8 Å². The van der Waals surface area contributed by atoms with E-state index in [1.54, 1.807) is 13.0 Å². The van der Waals surface area contributed by atoms with Crippen LogP contribution in [0.4, 0.5) is 0 Å². The van der Waals surface area contributed by atoms with Crippen molar-refractivity contribution in [1.82, 2.24) is 4.90 Å². The Morgan fingerprint density at radius 3 is 2.43 bits per heavy atom. The van der Waals surface area contributed by atoms with Gasteiger partial charge in [0.15, 0.2) is 34.7 Å². The Hall–Kier alpha value is -3.44. The summed E-state index contributed by atoms with van der Waals surface area (Å²) in [6, 6.07) is 1.76. The summed E-state index contributed by atoms with van der Waals surface area (Å²) in [6.07, 6.45) is 0.144. The number of primary amides is 1. The van der Waals surface area contributed by atoms with Gasteiger partial charge in [-0.1, -0.05) is 5.16 Å². The number of nitrogens with zero attached hydrogens (tertiary/aromatic N) is 2. The van der Waals surface area contributed by atoms with Crippen LogP contribution in [0.15, 0.2) is 17.3 Å². The van der Waals surface area contributed by atoms with Gasteiger partial charge in [0.25, 0.3) is 0 Å². The normalized spacial score (nSPS) is 32.7. The molecule has 0 saturated heterocycles. The molecule has 3 unspecified atom stereocenters. The second kappa shape index (κ2) is 8.35. The van der Waals surface area contributed by atoms with Crippen molar-refractivity contribution in [1.29, 1.82) is 0 Å². The number of benzene rings is 1. The van der Waals surface area contributed by atoms with Crippen molar-refractivity contribution in [2.75, 3.05) is 21.2 Å². The molecule has 6 atom stereocenters. The third kappa shape index (κ3) is 3.33. The van der Waals surface area contributed by atoms with Crippen LogP contribution in [0, 0.1) is 23.7 Å². The number of ketones is 4. The van der Waals surface area contributed by atoms with E-state index in [1.807, 2.05) is 0 Å². The summed E-state index contributed by atoms with van der Waals surface area (Å²) in [5, 5.41) is 26.0. The zero-order valence-electron chi connectivity index (χ0n) is 19.8. The van der Waals surface area contributed by atoms with Crippen LogP contribution in [-0.4, -0.2) is 82.7 Å². The Kier molecular flexibility index (Phi) is 5.89. The molecule has 0 bridgehead atoms. The van der Waals surface area contributed by atoms with Gasteiger partial charge in [-0.05, 0) is 57.5 Å². The first-order valence-electron chi connectivity index (χ1n) is 11.1. The number of hydrogen-bond donors (Lipinski definition) is 3. The number of phenolic OH excluding ortho intramolecular Hbond substituents is 1. The Balaban J connectivity index is 1.89. The molecular formula is C24H27N3O8. The predicted molar refractivity (Wildman–Crippen MR) is 121 cm³/mol. The van der Waals surface area contributed by atoms with Crippen molar-refractivity contribution >= 4 is 34.8 Å². The summed E-state index contributed by atoms with van der Waals surface area (Å²) in [4.78, 5) is 71.9. The monoisotopic (exact) mass is 485 g/mol. The number of nitrogens with two attached hydrogens (primary N) is 1. The van der Waals surface area contributed by atoms with Crippen molar-refractivity contribution in [3.8, 4) is 5.75 Å². The lowest BCUT2D eigenvalue weighted by atomic mass is 9.52. The third-order valence-corrected chi connectivity index (χ3v) is 7.56. The summed E-state index contributed by atoms with van der Waals surface area (Å²) < 4.78 is 0. The Bertz CT molecular complexity index is 1210. The third-order valence-electron chi connectivity index (χ3n) is 7.56. The second-order valence-electron chi connectivity index (χ2n) is 9.63. The smallest absolute Gasteiger partial charge is 0.235 e. The highest BCUT2D eigenvalue weighted by Crippen LogP contribution is 2.51. The van der Waals surface area contributed by atoms with Crippen molar-refractivity contribution in [3.05, 3.63) is 28.8 Å². The number of hydrogen-bond acceptors (Lipinski definition) is 10. The maximum Gasteiger partial charge on any atom is 0.235 e. The van der Waals surface area contributed by atoms with E-state index in [2.05, 4.69) is 5.16 Å². The molecule has 35 heavy (non-hydrogen) atoms. The number of rotatable bonds is 4. The highest BCUT2D eigenvalue weighted by Gasteiger charge is 2.69. The fourth-order valence-corrected chi connectivity index (χ4v) is 6.13. The highest BCUT2D eigenvalue weighted by atomic mass is 16.6. The van der Waals surface area contributed by atoms with Gasteiger partial charge in [-0.2, -0.15) is 0 Å². The first kappa shape index (κ1) is 24.7.